The highest BCUT2D eigenvalue weighted by Gasteiger charge is 2.04. The van der Waals surface area contributed by atoms with E-state index in [1.165, 1.54) is 0 Å². The summed E-state index contributed by atoms with van der Waals surface area (Å²) in [4.78, 5) is 10.6. The highest BCUT2D eigenvalue weighted by molar-refractivity contribution is 5.54. The van der Waals surface area contributed by atoms with E-state index < -0.39 is 0 Å². The zero-order valence-corrected chi connectivity index (χ0v) is 7.73. The molecule has 0 saturated carbocycles. The van der Waals surface area contributed by atoms with Gasteiger partial charge in [0.05, 0.1) is 0 Å². The Labute approximate surface area is 78.2 Å². The van der Waals surface area contributed by atoms with Gasteiger partial charge in [0.2, 0.25) is 0 Å². The Balaban J connectivity index is 2.63. The highest BCUT2D eigenvalue weighted by atomic mass is 16.3. The molecular weight excluding hydrogens is 164 g/mol. The van der Waals surface area contributed by atoms with E-state index in [0.29, 0.717) is 0 Å². The molecule has 2 heteroatoms. The molecule has 0 bridgehead atoms. The summed E-state index contributed by atoms with van der Waals surface area (Å²) in [5, 5.41) is 9.04. The minimum Gasteiger partial charge on any atom is -0.508 e. The molecule has 70 valence electrons. The second-order valence-corrected chi connectivity index (χ2v) is 3.17. The highest BCUT2D eigenvalue weighted by Crippen LogP contribution is 2.14. The SMILES string of the molecule is CCC(C=O)Cc1ccc(O)cc1. The van der Waals surface area contributed by atoms with Crippen molar-refractivity contribution in [2.24, 2.45) is 5.92 Å². The molecule has 0 amide bonds. The second kappa shape index (κ2) is 4.65. The quantitative estimate of drug-likeness (QED) is 0.717. The summed E-state index contributed by atoms with van der Waals surface area (Å²) < 4.78 is 0. The van der Waals surface area contributed by atoms with Crippen molar-refractivity contribution in [1.82, 2.24) is 0 Å². The Kier molecular flexibility index (Phi) is 3.50. The summed E-state index contributed by atoms with van der Waals surface area (Å²) in [5.41, 5.74) is 1.09. The molecule has 2 nitrogen and oxygen atoms in total. The molecule has 0 heterocycles. The number of rotatable bonds is 4. The topological polar surface area (TPSA) is 37.3 Å². The van der Waals surface area contributed by atoms with Crippen LogP contribution in [0.5, 0.6) is 5.75 Å². The third-order valence-electron chi connectivity index (χ3n) is 2.15. The number of phenols is 1. The third-order valence-corrected chi connectivity index (χ3v) is 2.15. The molecule has 1 unspecified atom stereocenters. The lowest BCUT2D eigenvalue weighted by atomic mass is 9.98. The Morgan fingerprint density at radius 2 is 2.00 bits per heavy atom. The predicted octanol–water partition coefficient (Wildman–Crippen LogP) is 2.16. The fourth-order valence-electron chi connectivity index (χ4n) is 1.22. The molecule has 0 aliphatic rings. The van der Waals surface area contributed by atoms with E-state index in [-0.39, 0.29) is 11.7 Å². The van der Waals surface area contributed by atoms with Crippen molar-refractivity contribution in [3.05, 3.63) is 29.8 Å². The number of aromatic hydroxyl groups is 1. The molecular formula is C11H14O2. The first-order valence-corrected chi connectivity index (χ1v) is 4.49. The number of carbonyl (C=O) groups is 1. The summed E-state index contributed by atoms with van der Waals surface area (Å²) >= 11 is 0. The van der Waals surface area contributed by atoms with Gasteiger partial charge >= 0.3 is 0 Å². The van der Waals surface area contributed by atoms with Gasteiger partial charge in [-0.2, -0.15) is 0 Å². The predicted molar refractivity (Wildman–Crippen MR) is 51.7 cm³/mol. The maximum atomic E-state index is 10.6. The number of aldehydes is 1. The largest absolute Gasteiger partial charge is 0.508 e. The Hall–Kier alpha value is -1.31. The molecule has 0 aliphatic heterocycles. The van der Waals surface area contributed by atoms with E-state index in [0.717, 1.165) is 24.7 Å². The fraction of sp³-hybridized carbons (Fsp3) is 0.364. The first-order chi connectivity index (χ1) is 6.26. The van der Waals surface area contributed by atoms with Crippen molar-refractivity contribution in [3.63, 3.8) is 0 Å². The van der Waals surface area contributed by atoms with E-state index in [1.807, 2.05) is 19.1 Å². The number of carbonyl (C=O) groups excluding carboxylic acids is 1. The third kappa shape index (κ3) is 2.90. The lowest BCUT2D eigenvalue weighted by Gasteiger charge is -2.06. The molecule has 0 aliphatic carbocycles. The monoisotopic (exact) mass is 178 g/mol. The molecule has 0 saturated heterocycles. The van der Waals surface area contributed by atoms with E-state index in [2.05, 4.69) is 0 Å². The van der Waals surface area contributed by atoms with Gasteiger partial charge in [0, 0.05) is 5.92 Å². The van der Waals surface area contributed by atoms with Crippen molar-refractivity contribution < 1.29 is 9.90 Å². The van der Waals surface area contributed by atoms with Gasteiger partial charge in [-0.15, -0.1) is 0 Å². The first-order valence-electron chi connectivity index (χ1n) is 4.49. The normalized spacial score (nSPS) is 12.4. The van der Waals surface area contributed by atoms with Crippen LogP contribution in [-0.4, -0.2) is 11.4 Å². The van der Waals surface area contributed by atoms with Crippen LogP contribution < -0.4 is 0 Å². The van der Waals surface area contributed by atoms with E-state index in [4.69, 9.17) is 5.11 Å². The van der Waals surface area contributed by atoms with Crippen LogP contribution in [0, 0.1) is 5.92 Å². The molecule has 1 N–H and O–H groups in total. The van der Waals surface area contributed by atoms with Crippen molar-refractivity contribution in [3.8, 4) is 5.75 Å². The Morgan fingerprint density at radius 3 is 2.46 bits per heavy atom. The van der Waals surface area contributed by atoms with E-state index in [9.17, 15) is 4.79 Å². The Morgan fingerprint density at radius 1 is 1.38 bits per heavy atom. The average molecular weight is 178 g/mol. The van der Waals surface area contributed by atoms with Crippen molar-refractivity contribution in [2.75, 3.05) is 0 Å². The van der Waals surface area contributed by atoms with Gasteiger partial charge in [0.1, 0.15) is 12.0 Å². The summed E-state index contributed by atoms with van der Waals surface area (Å²) in [6.07, 6.45) is 2.62. The molecule has 1 aromatic carbocycles. The Bertz CT molecular complexity index is 264. The lowest BCUT2D eigenvalue weighted by molar-refractivity contribution is -0.111. The molecule has 0 fully saturated rings. The minimum absolute atomic E-state index is 0.101. The van der Waals surface area contributed by atoms with Crippen molar-refractivity contribution in [2.45, 2.75) is 19.8 Å². The summed E-state index contributed by atoms with van der Waals surface area (Å²) in [6.45, 7) is 2.00. The van der Waals surface area contributed by atoms with E-state index in [1.54, 1.807) is 12.1 Å². The molecule has 0 radical (unpaired) electrons. The number of hydrogen-bond donors (Lipinski definition) is 1. The summed E-state index contributed by atoms with van der Waals surface area (Å²) in [7, 11) is 0. The van der Waals surface area contributed by atoms with Crippen molar-refractivity contribution >= 4 is 6.29 Å². The summed E-state index contributed by atoms with van der Waals surface area (Å²) in [6, 6.07) is 6.99. The number of benzene rings is 1. The average Bonchev–Trinajstić information content (AvgIpc) is 2.17. The van der Waals surface area contributed by atoms with Gasteiger partial charge in [-0.3, -0.25) is 0 Å². The zero-order valence-electron chi connectivity index (χ0n) is 7.73. The van der Waals surface area contributed by atoms with Crippen LogP contribution in [0.2, 0.25) is 0 Å². The zero-order chi connectivity index (χ0) is 9.68. The fourth-order valence-corrected chi connectivity index (χ4v) is 1.22. The number of phenolic OH excluding ortho intramolecular Hbond substituents is 1. The molecule has 0 aromatic heterocycles. The minimum atomic E-state index is 0.101. The van der Waals surface area contributed by atoms with Crippen LogP contribution in [0.3, 0.4) is 0 Å². The molecule has 1 rings (SSSR count). The van der Waals surface area contributed by atoms with Crippen LogP contribution in [0.15, 0.2) is 24.3 Å². The molecule has 1 atom stereocenters. The van der Waals surface area contributed by atoms with Crippen LogP contribution in [0.4, 0.5) is 0 Å². The van der Waals surface area contributed by atoms with Gasteiger partial charge in [0.25, 0.3) is 0 Å². The van der Waals surface area contributed by atoms with Crippen LogP contribution in [0.25, 0.3) is 0 Å². The summed E-state index contributed by atoms with van der Waals surface area (Å²) in [5.74, 6) is 0.368. The standard InChI is InChI=1S/C11H14O2/c1-2-9(8-12)7-10-3-5-11(13)6-4-10/h3-6,8-9,13H,2,7H2,1H3. The van der Waals surface area contributed by atoms with E-state index >= 15 is 0 Å². The van der Waals surface area contributed by atoms with Crippen LogP contribution in [0.1, 0.15) is 18.9 Å². The van der Waals surface area contributed by atoms with Crippen molar-refractivity contribution in [1.29, 1.82) is 0 Å². The smallest absolute Gasteiger partial charge is 0.123 e. The maximum Gasteiger partial charge on any atom is 0.123 e. The van der Waals surface area contributed by atoms with Gasteiger partial charge in [-0.1, -0.05) is 19.1 Å². The molecule has 13 heavy (non-hydrogen) atoms. The molecule has 0 spiro atoms. The van der Waals surface area contributed by atoms with Gasteiger partial charge in [-0.05, 0) is 30.5 Å². The van der Waals surface area contributed by atoms with Crippen LogP contribution in [-0.2, 0) is 11.2 Å². The van der Waals surface area contributed by atoms with Crippen LogP contribution >= 0.6 is 0 Å². The second-order valence-electron chi connectivity index (χ2n) is 3.17. The van der Waals surface area contributed by atoms with Gasteiger partial charge < -0.3 is 9.90 Å². The maximum absolute atomic E-state index is 10.6. The first kappa shape index (κ1) is 9.78. The van der Waals surface area contributed by atoms with Gasteiger partial charge in [0.15, 0.2) is 0 Å². The lowest BCUT2D eigenvalue weighted by Crippen LogP contribution is -2.03. The van der Waals surface area contributed by atoms with Gasteiger partial charge in [-0.25, -0.2) is 0 Å². The molecule has 1 aromatic rings. The number of hydrogen-bond acceptors (Lipinski definition) is 2.